The van der Waals surface area contributed by atoms with Crippen LogP contribution in [0.25, 0.3) is 10.9 Å². The number of aliphatic carboxylic acids is 1. The molecule has 2 aromatic rings. The monoisotopic (exact) mass is 265 g/mol. The molecule has 0 aliphatic carbocycles. The topological polar surface area (TPSA) is 42.2 Å². The Kier molecular flexibility index (Phi) is 3.62. The van der Waals surface area contributed by atoms with E-state index in [1.807, 2.05) is 31.3 Å². The number of rotatable bonds is 4. The van der Waals surface area contributed by atoms with Gasteiger partial charge in [-0.15, -0.1) is 0 Å². The maximum atomic E-state index is 10.8. The summed E-state index contributed by atoms with van der Waals surface area (Å²) in [4.78, 5) is 10.8. The molecule has 3 nitrogen and oxygen atoms in total. The quantitative estimate of drug-likeness (QED) is 0.911. The summed E-state index contributed by atoms with van der Waals surface area (Å²) in [5, 5.41) is 10.6. The predicted octanol–water partition coefficient (Wildman–Crippen LogP) is 3.89. The van der Waals surface area contributed by atoms with Crippen molar-refractivity contribution in [2.45, 2.75) is 32.7 Å². The first-order valence-corrected chi connectivity index (χ1v) is 6.40. The third-order valence-electron chi connectivity index (χ3n) is 3.23. The molecule has 0 radical (unpaired) electrons. The van der Waals surface area contributed by atoms with Gasteiger partial charge in [0.05, 0.1) is 6.42 Å². The van der Waals surface area contributed by atoms with Gasteiger partial charge < -0.3 is 9.67 Å². The van der Waals surface area contributed by atoms with E-state index in [0.717, 1.165) is 23.0 Å². The number of hydrogen-bond acceptors (Lipinski definition) is 1. The average molecular weight is 266 g/mol. The lowest BCUT2D eigenvalue weighted by Crippen LogP contribution is -2.02. The summed E-state index contributed by atoms with van der Waals surface area (Å²) >= 11 is 6.03. The average Bonchev–Trinajstić information content (AvgIpc) is 2.66. The van der Waals surface area contributed by atoms with Gasteiger partial charge in [0.1, 0.15) is 0 Å². The fourth-order valence-corrected chi connectivity index (χ4v) is 2.50. The zero-order chi connectivity index (χ0) is 13.3. The second-order valence-electron chi connectivity index (χ2n) is 4.53. The molecular weight excluding hydrogens is 250 g/mol. The first-order chi connectivity index (χ1) is 8.52. The minimum atomic E-state index is -0.776. The van der Waals surface area contributed by atoms with Gasteiger partial charge in [0, 0.05) is 28.7 Å². The van der Waals surface area contributed by atoms with Crippen LogP contribution in [0.15, 0.2) is 24.4 Å². The summed E-state index contributed by atoms with van der Waals surface area (Å²) in [5.74, 6) is -0.793. The predicted molar refractivity (Wildman–Crippen MR) is 73.3 cm³/mol. The molecule has 0 amide bonds. The Hall–Kier alpha value is -1.48. The van der Waals surface area contributed by atoms with Crippen LogP contribution in [0.1, 0.15) is 31.7 Å². The van der Waals surface area contributed by atoms with Crippen molar-refractivity contribution in [1.29, 1.82) is 0 Å². The normalized spacial score (nSPS) is 12.8. The molecule has 2 rings (SSSR count). The molecule has 0 saturated heterocycles. The minimum Gasteiger partial charge on any atom is -0.481 e. The van der Waals surface area contributed by atoms with Gasteiger partial charge in [0.15, 0.2) is 0 Å². The highest BCUT2D eigenvalue weighted by Crippen LogP contribution is 2.31. The minimum absolute atomic E-state index is 0.0173. The van der Waals surface area contributed by atoms with Gasteiger partial charge in [0.25, 0.3) is 0 Å². The highest BCUT2D eigenvalue weighted by molar-refractivity contribution is 6.31. The van der Waals surface area contributed by atoms with Crippen LogP contribution in [0.3, 0.4) is 0 Å². The Labute approximate surface area is 111 Å². The summed E-state index contributed by atoms with van der Waals surface area (Å²) in [5.41, 5.74) is 2.16. The van der Waals surface area contributed by atoms with Crippen LogP contribution in [0.2, 0.25) is 5.02 Å². The van der Waals surface area contributed by atoms with Crippen LogP contribution in [-0.4, -0.2) is 15.6 Å². The molecular formula is C14H16ClNO2. The number of nitrogens with zero attached hydrogens (tertiary/aromatic N) is 1. The molecule has 1 atom stereocenters. The Bertz CT molecular complexity index is 589. The first kappa shape index (κ1) is 13.0. The van der Waals surface area contributed by atoms with E-state index in [0.29, 0.717) is 5.02 Å². The maximum Gasteiger partial charge on any atom is 0.303 e. The summed E-state index contributed by atoms with van der Waals surface area (Å²) < 4.78 is 2.12. The largest absolute Gasteiger partial charge is 0.481 e. The van der Waals surface area contributed by atoms with Gasteiger partial charge in [-0.2, -0.15) is 0 Å². The maximum absolute atomic E-state index is 10.8. The SMILES string of the molecule is CCn1cc(C(C)CC(=O)O)c2cc(Cl)ccc21. The van der Waals surface area contributed by atoms with Crippen molar-refractivity contribution in [3.8, 4) is 0 Å². The number of fused-ring (bicyclic) bond motifs is 1. The molecule has 1 N–H and O–H groups in total. The van der Waals surface area contributed by atoms with Crippen LogP contribution in [-0.2, 0) is 11.3 Å². The van der Waals surface area contributed by atoms with E-state index in [-0.39, 0.29) is 12.3 Å². The number of hydrogen-bond donors (Lipinski definition) is 1. The smallest absolute Gasteiger partial charge is 0.303 e. The standard InChI is InChI=1S/C14H16ClNO2/c1-3-16-8-12(9(2)6-14(17)18)11-7-10(15)4-5-13(11)16/h4-5,7-9H,3,6H2,1-2H3,(H,17,18). The van der Waals surface area contributed by atoms with E-state index < -0.39 is 5.97 Å². The second-order valence-corrected chi connectivity index (χ2v) is 4.97. The molecule has 1 aromatic heterocycles. The van der Waals surface area contributed by atoms with Crippen molar-refractivity contribution < 1.29 is 9.90 Å². The second kappa shape index (κ2) is 5.02. The number of carboxylic acids is 1. The van der Waals surface area contributed by atoms with Crippen molar-refractivity contribution in [3.05, 3.63) is 35.0 Å². The van der Waals surface area contributed by atoms with Crippen molar-refractivity contribution in [2.75, 3.05) is 0 Å². The number of benzene rings is 1. The molecule has 1 heterocycles. The van der Waals surface area contributed by atoms with Crippen molar-refractivity contribution in [3.63, 3.8) is 0 Å². The van der Waals surface area contributed by atoms with Gasteiger partial charge in [-0.1, -0.05) is 18.5 Å². The van der Waals surface area contributed by atoms with Crippen LogP contribution in [0.4, 0.5) is 0 Å². The molecule has 0 fully saturated rings. The molecule has 0 spiro atoms. The lowest BCUT2D eigenvalue weighted by Gasteiger charge is -2.07. The third kappa shape index (κ3) is 2.36. The summed E-state index contributed by atoms with van der Waals surface area (Å²) in [6, 6.07) is 5.76. The lowest BCUT2D eigenvalue weighted by atomic mass is 9.97. The molecule has 0 bridgehead atoms. The van der Waals surface area contributed by atoms with Gasteiger partial charge >= 0.3 is 5.97 Å². The first-order valence-electron chi connectivity index (χ1n) is 6.03. The van der Waals surface area contributed by atoms with Crippen LogP contribution >= 0.6 is 11.6 Å². The van der Waals surface area contributed by atoms with Gasteiger partial charge in [-0.25, -0.2) is 0 Å². The number of aryl methyl sites for hydroxylation is 1. The fraction of sp³-hybridized carbons (Fsp3) is 0.357. The van der Waals surface area contributed by atoms with Crippen molar-refractivity contribution >= 4 is 28.5 Å². The van der Waals surface area contributed by atoms with E-state index in [9.17, 15) is 4.79 Å². The van der Waals surface area contributed by atoms with Gasteiger partial charge in [0.2, 0.25) is 0 Å². The van der Waals surface area contributed by atoms with Crippen molar-refractivity contribution in [2.24, 2.45) is 0 Å². The highest BCUT2D eigenvalue weighted by Gasteiger charge is 2.16. The Morgan fingerprint density at radius 1 is 1.50 bits per heavy atom. The molecule has 96 valence electrons. The number of carboxylic acid groups (broad SMARTS) is 1. The Morgan fingerprint density at radius 3 is 2.83 bits per heavy atom. The number of halogens is 1. The molecule has 18 heavy (non-hydrogen) atoms. The summed E-state index contributed by atoms with van der Waals surface area (Å²) in [6.45, 7) is 4.86. The molecule has 0 saturated carbocycles. The Balaban J connectivity index is 2.55. The van der Waals surface area contributed by atoms with Gasteiger partial charge in [-0.3, -0.25) is 4.79 Å². The number of carbonyl (C=O) groups is 1. The Morgan fingerprint density at radius 2 is 2.22 bits per heavy atom. The van der Waals surface area contributed by atoms with E-state index in [1.165, 1.54) is 0 Å². The molecule has 0 aliphatic heterocycles. The highest BCUT2D eigenvalue weighted by atomic mass is 35.5. The molecule has 1 unspecified atom stereocenters. The zero-order valence-electron chi connectivity index (χ0n) is 10.5. The van der Waals surface area contributed by atoms with E-state index in [2.05, 4.69) is 11.5 Å². The van der Waals surface area contributed by atoms with Gasteiger partial charge in [-0.05, 0) is 36.6 Å². The van der Waals surface area contributed by atoms with Crippen LogP contribution in [0.5, 0.6) is 0 Å². The fourth-order valence-electron chi connectivity index (χ4n) is 2.32. The van der Waals surface area contributed by atoms with E-state index in [1.54, 1.807) is 0 Å². The lowest BCUT2D eigenvalue weighted by molar-refractivity contribution is -0.137. The zero-order valence-corrected chi connectivity index (χ0v) is 11.2. The summed E-state index contributed by atoms with van der Waals surface area (Å²) in [6.07, 6.45) is 2.17. The van der Waals surface area contributed by atoms with E-state index >= 15 is 0 Å². The molecule has 0 aliphatic rings. The molecule has 4 heteroatoms. The summed E-state index contributed by atoms with van der Waals surface area (Å²) in [7, 11) is 0. The number of aromatic nitrogens is 1. The van der Waals surface area contributed by atoms with Crippen LogP contribution < -0.4 is 0 Å². The molecule has 1 aromatic carbocycles. The van der Waals surface area contributed by atoms with Crippen LogP contribution in [0, 0.1) is 0 Å². The van der Waals surface area contributed by atoms with E-state index in [4.69, 9.17) is 16.7 Å². The van der Waals surface area contributed by atoms with Crippen molar-refractivity contribution in [1.82, 2.24) is 4.57 Å². The third-order valence-corrected chi connectivity index (χ3v) is 3.46.